The van der Waals surface area contributed by atoms with Gasteiger partial charge in [-0.05, 0) is 40.0 Å². The standard InChI is InChI=1S/C9H13NO2S.C8H11NO2S.C7H10N2OS.C7H9NO2S.C6H9N3OS.C2HF3O2/c1-3-8-10-7(6-13-8)5-9(11)12-4-2;1-3-11-8(10)4-7-5-12-6(2)9-7;1-2-7-9-5(4-11-7)3-6(8)10;1-2-6-8-5(4-11-6)3-7(9)10;1-8-6-9-4(3-11-6)2-5(7)10;3-2(4,5)1(6)7/h6H,3-5H2,1-2H3;5H,3-4H2,1-2H3;4H,2-3H2,1H3,(H2,8,10);4H,2-3H2,1H3,(H,9,10);3H,2H2,1H3,(H2,7,10)(H,8,9);(H,6,7). The maximum atomic E-state index is 11.1. The lowest BCUT2D eigenvalue weighted by Gasteiger charge is -1.97. The summed E-state index contributed by atoms with van der Waals surface area (Å²) in [6.07, 6.45) is -1.26. The van der Waals surface area contributed by atoms with E-state index in [1.807, 2.05) is 49.2 Å². The van der Waals surface area contributed by atoms with Gasteiger partial charge in [0.25, 0.3) is 0 Å². The number of esters is 2. The second-order valence-corrected chi connectivity index (χ2v) is 16.9. The van der Waals surface area contributed by atoms with Gasteiger partial charge in [0.2, 0.25) is 11.8 Å². The lowest BCUT2D eigenvalue weighted by molar-refractivity contribution is -0.192. The highest BCUT2D eigenvalue weighted by Crippen LogP contribution is 2.15. The fourth-order valence-corrected chi connectivity index (χ4v) is 7.52. The van der Waals surface area contributed by atoms with Crippen molar-refractivity contribution >= 4 is 97.5 Å². The van der Waals surface area contributed by atoms with Crippen LogP contribution >= 0.6 is 56.7 Å². The monoisotopic (exact) mass is 1010 g/mol. The van der Waals surface area contributed by atoms with Crippen molar-refractivity contribution in [1.82, 2.24) is 24.9 Å². The smallest absolute Gasteiger partial charge is 0.481 e. The summed E-state index contributed by atoms with van der Waals surface area (Å²) in [7, 11) is 1.78. The first kappa shape index (κ1) is 59.6. The van der Waals surface area contributed by atoms with Crippen LogP contribution < -0.4 is 16.8 Å². The van der Waals surface area contributed by atoms with E-state index in [1.165, 1.54) is 22.7 Å². The molecule has 0 bridgehead atoms. The second kappa shape index (κ2) is 33.1. The first-order valence-electron chi connectivity index (χ1n) is 19.3. The predicted octanol–water partition coefficient (Wildman–Crippen LogP) is 6.28. The molecule has 0 saturated heterocycles. The minimum absolute atomic E-state index is 0.0382. The van der Waals surface area contributed by atoms with Crippen LogP contribution in [0.4, 0.5) is 18.3 Å². The van der Waals surface area contributed by atoms with Gasteiger partial charge in [-0.1, -0.05) is 20.8 Å². The minimum Gasteiger partial charge on any atom is -0.481 e. The quantitative estimate of drug-likeness (QED) is 0.0680. The number of aryl methyl sites for hydroxylation is 4. The van der Waals surface area contributed by atoms with Gasteiger partial charge in [0.05, 0.1) is 93.8 Å². The van der Waals surface area contributed by atoms with Crippen molar-refractivity contribution < 1.29 is 61.6 Å². The number of carbonyl (C=O) groups excluding carboxylic acids is 4. The van der Waals surface area contributed by atoms with Crippen LogP contribution in [0.3, 0.4) is 0 Å². The van der Waals surface area contributed by atoms with Crippen LogP contribution in [0.5, 0.6) is 0 Å². The molecule has 0 aliphatic carbocycles. The normalized spacial score (nSPS) is 10.0. The highest BCUT2D eigenvalue weighted by Gasteiger charge is 2.38. The molecule has 0 aliphatic rings. The Labute approximate surface area is 393 Å². The van der Waals surface area contributed by atoms with Gasteiger partial charge in [-0.2, -0.15) is 13.2 Å². The number of primary amides is 2. The van der Waals surface area contributed by atoms with Crippen molar-refractivity contribution in [3.05, 3.63) is 75.4 Å². The van der Waals surface area contributed by atoms with E-state index < -0.39 is 18.1 Å². The van der Waals surface area contributed by atoms with Gasteiger partial charge in [-0.3, -0.25) is 24.0 Å². The van der Waals surface area contributed by atoms with Crippen molar-refractivity contribution in [2.45, 2.75) is 99.1 Å². The van der Waals surface area contributed by atoms with Crippen LogP contribution in [0.1, 0.15) is 83.1 Å². The number of hydrogen-bond acceptors (Lipinski definition) is 19. The minimum atomic E-state index is -5.08. The molecule has 0 aliphatic heterocycles. The molecule has 0 atom stereocenters. The fourth-order valence-electron chi connectivity index (χ4n) is 4.00. The lowest BCUT2D eigenvalue weighted by atomic mass is 10.3. The summed E-state index contributed by atoms with van der Waals surface area (Å²) in [6.45, 7) is 12.5. The largest absolute Gasteiger partial charge is 0.490 e. The van der Waals surface area contributed by atoms with E-state index in [-0.39, 0.29) is 49.4 Å². The average molecular weight is 1010 g/mol. The summed E-state index contributed by atoms with van der Waals surface area (Å²) in [5.41, 5.74) is 13.8. The fraction of sp³-hybridized carbons (Fsp3) is 0.462. The summed E-state index contributed by atoms with van der Waals surface area (Å²) in [5, 5.41) is 32.6. The molecule has 2 amide bonds. The Morgan fingerprint density at radius 3 is 1.20 bits per heavy atom. The number of aromatic nitrogens is 5. The van der Waals surface area contributed by atoms with E-state index in [2.05, 4.69) is 30.2 Å². The van der Waals surface area contributed by atoms with Gasteiger partial charge >= 0.3 is 30.1 Å². The average Bonchev–Trinajstić information content (AvgIpc) is 4.09. The van der Waals surface area contributed by atoms with Crippen LogP contribution in [0.2, 0.25) is 0 Å². The zero-order valence-corrected chi connectivity index (χ0v) is 40.8. The third kappa shape index (κ3) is 29.6. The molecule has 7 N–H and O–H groups in total. The number of nitrogens with two attached hydrogens (primary N) is 2. The maximum absolute atomic E-state index is 11.1. The molecule has 5 aromatic heterocycles. The number of amides is 2. The molecule has 5 rings (SSSR count). The first-order valence-corrected chi connectivity index (χ1v) is 23.7. The number of hydrogen-bond donors (Lipinski definition) is 5. The summed E-state index contributed by atoms with van der Waals surface area (Å²) < 4.78 is 41.3. The molecular weight excluding hydrogens is 958 g/mol. The number of ether oxygens (including phenoxy) is 2. The molecule has 0 unspecified atom stereocenters. The molecule has 65 heavy (non-hydrogen) atoms. The molecule has 0 saturated carbocycles. The van der Waals surface area contributed by atoms with Crippen LogP contribution in [-0.4, -0.2) is 97.3 Å². The third-order valence-corrected chi connectivity index (χ3v) is 11.5. The van der Waals surface area contributed by atoms with E-state index >= 15 is 0 Å². The highest BCUT2D eigenvalue weighted by molar-refractivity contribution is 7.13. The Morgan fingerprint density at radius 2 is 0.923 bits per heavy atom. The number of carbonyl (C=O) groups is 6. The Hall–Kier alpha value is -5.44. The number of alkyl halides is 3. The van der Waals surface area contributed by atoms with Gasteiger partial charge in [0.1, 0.15) is 0 Å². The zero-order chi connectivity index (χ0) is 49.5. The Balaban J connectivity index is 0.000000762. The van der Waals surface area contributed by atoms with Crippen LogP contribution in [0, 0.1) is 6.92 Å². The Bertz CT molecular complexity index is 2060. The van der Waals surface area contributed by atoms with Crippen molar-refractivity contribution in [1.29, 1.82) is 0 Å². The Kier molecular flexibility index (Phi) is 30.3. The van der Waals surface area contributed by atoms with E-state index in [0.717, 1.165) is 67.2 Å². The molecule has 5 heterocycles. The van der Waals surface area contributed by atoms with Crippen LogP contribution in [-0.2, 0) is 89.6 Å². The Morgan fingerprint density at radius 1 is 0.585 bits per heavy atom. The van der Waals surface area contributed by atoms with Crippen molar-refractivity contribution in [2.75, 3.05) is 25.6 Å². The molecule has 0 aromatic carbocycles. The number of carboxylic acid groups (broad SMARTS) is 2. The number of aliphatic carboxylic acids is 2. The van der Waals surface area contributed by atoms with Gasteiger partial charge < -0.3 is 36.5 Å². The number of halogens is 3. The SMILES string of the molecule is CCOC(=O)Cc1csc(C)n1.CCOC(=O)Cc1csc(CC)n1.CCc1nc(CC(=O)O)cs1.CCc1nc(CC(N)=O)cs1.CNc1nc(CC(N)=O)cs1.O=C(O)C(F)(F)F. The van der Waals surface area contributed by atoms with Gasteiger partial charge in [-0.15, -0.1) is 56.7 Å². The molecule has 0 spiro atoms. The zero-order valence-electron chi connectivity index (χ0n) is 36.7. The van der Waals surface area contributed by atoms with E-state index in [9.17, 15) is 37.1 Å². The number of thiazole rings is 5. The summed E-state index contributed by atoms with van der Waals surface area (Å²) >= 11 is 7.69. The third-order valence-electron chi connectivity index (χ3n) is 6.68. The number of carboxylic acids is 2. The topological polar surface area (TPSA) is 290 Å². The van der Waals surface area contributed by atoms with Gasteiger partial charge in [0, 0.05) is 33.9 Å². The van der Waals surface area contributed by atoms with E-state index in [1.54, 1.807) is 60.3 Å². The second-order valence-electron chi connectivity index (χ2n) is 12.1. The molecular formula is C39H53F3N8O10S5. The summed E-state index contributed by atoms with van der Waals surface area (Å²) in [4.78, 5) is 82.8. The number of nitrogens with one attached hydrogen (secondary N) is 1. The van der Waals surface area contributed by atoms with E-state index in [4.69, 9.17) is 35.9 Å². The predicted molar refractivity (Wildman–Crippen MR) is 244 cm³/mol. The molecule has 0 radical (unpaired) electrons. The van der Waals surface area contributed by atoms with Gasteiger partial charge in [0.15, 0.2) is 5.13 Å². The lowest BCUT2D eigenvalue weighted by Crippen LogP contribution is -2.21. The van der Waals surface area contributed by atoms with E-state index in [0.29, 0.717) is 25.3 Å². The number of anilines is 1. The summed E-state index contributed by atoms with van der Waals surface area (Å²) in [6, 6.07) is 0. The number of rotatable bonds is 16. The van der Waals surface area contributed by atoms with Crippen LogP contribution in [0.15, 0.2) is 26.9 Å². The maximum Gasteiger partial charge on any atom is 0.490 e. The molecule has 5 aromatic rings. The van der Waals surface area contributed by atoms with Crippen molar-refractivity contribution in [2.24, 2.45) is 11.5 Å². The first-order chi connectivity index (χ1) is 30.6. The molecule has 26 heteroatoms. The number of nitrogens with zero attached hydrogens (tertiary/aromatic N) is 5. The molecule has 0 fully saturated rings. The van der Waals surface area contributed by atoms with Gasteiger partial charge in [-0.25, -0.2) is 29.7 Å². The van der Waals surface area contributed by atoms with Crippen LogP contribution in [0.25, 0.3) is 0 Å². The molecule has 18 nitrogen and oxygen atoms in total. The highest BCUT2D eigenvalue weighted by atomic mass is 32.1. The van der Waals surface area contributed by atoms with Crippen molar-refractivity contribution in [3.8, 4) is 0 Å². The molecule has 360 valence electrons. The summed E-state index contributed by atoms with van der Waals surface area (Å²) in [5.74, 6) is -4.65. The van der Waals surface area contributed by atoms with Crippen molar-refractivity contribution in [3.63, 3.8) is 0 Å².